The zero-order valence-electron chi connectivity index (χ0n) is 8.98. The van der Waals surface area contributed by atoms with Gasteiger partial charge in [0.2, 0.25) is 6.41 Å². The van der Waals surface area contributed by atoms with Crippen molar-refractivity contribution in [1.82, 2.24) is 4.90 Å². The van der Waals surface area contributed by atoms with E-state index in [9.17, 15) is 14.0 Å². The monoisotopic (exact) mass is 225 g/mol. The van der Waals surface area contributed by atoms with Crippen LogP contribution in [-0.2, 0) is 9.59 Å². The molecule has 0 bridgehead atoms. The van der Waals surface area contributed by atoms with E-state index in [1.807, 2.05) is 0 Å². The van der Waals surface area contributed by atoms with Crippen molar-refractivity contribution in [3.63, 3.8) is 0 Å². The molecule has 1 aromatic rings. The number of carboxylic acids is 1. The first-order valence-electron chi connectivity index (χ1n) is 4.63. The Morgan fingerprint density at radius 3 is 2.62 bits per heavy atom. The first kappa shape index (κ1) is 12.2. The molecule has 1 atom stereocenters. The van der Waals surface area contributed by atoms with E-state index in [1.165, 1.54) is 19.2 Å². The summed E-state index contributed by atoms with van der Waals surface area (Å²) in [5, 5.41) is 8.97. The van der Waals surface area contributed by atoms with Crippen molar-refractivity contribution >= 4 is 12.4 Å². The van der Waals surface area contributed by atoms with Gasteiger partial charge in [-0.15, -0.1) is 0 Å². The highest BCUT2D eigenvalue weighted by molar-refractivity contribution is 5.78. The minimum atomic E-state index is -1.20. The van der Waals surface area contributed by atoms with Gasteiger partial charge in [-0.3, -0.25) is 4.79 Å². The number of benzene rings is 1. The second-order valence-electron chi connectivity index (χ2n) is 3.52. The maximum atomic E-state index is 13.3. The predicted octanol–water partition coefficient (Wildman–Crippen LogP) is 1.35. The van der Waals surface area contributed by atoms with Gasteiger partial charge in [-0.2, -0.15) is 0 Å². The lowest BCUT2D eigenvalue weighted by atomic mass is 10.0. The molecule has 5 heteroatoms. The maximum Gasteiger partial charge on any atom is 0.331 e. The number of likely N-dealkylation sites (N-methyl/N-ethyl adjacent to an activating group) is 1. The third-order valence-electron chi connectivity index (χ3n) is 2.32. The number of halogens is 1. The molecule has 1 aromatic carbocycles. The van der Waals surface area contributed by atoms with Crippen LogP contribution in [0.15, 0.2) is 18.2 Å². The lowest BCUT2D eigenvalue weighted by Gasteiger charge is -2.20. The molecule has 0 saturated heterocycles. The lowest BCUT2D eigenvalue weighted by Crippen LogP contribution is -2.29. The summed E-state index contributed by atoms with van der Waals surface area (Å²) < 4.78 is 13.3. The standard InChI is InChI=1S/C11H12FNO3/c1-7-3-4-8(5-9(7)12)10(11(15)16)13(2)6-14/h3-6,10H,1-2H3,(H,15,16). The summed E-state index contributed by atoms with van der Waals surface area (Å²) in [6, 6.07) is 2.96. The molecule has 0 aliphatic heterocycles. The van der Waals surface area contributed by atoms with E-state index < -0.39 is 17.8 Å². The molecule has 0 heterocycles. The van der Waals surface area contributed by atoms with Crippen molar-refractivity contribution in [3.8, 4) is 0 Å². The fourth-order valence-electron chi connectivity index (χ4n) is 1.39. The number of amides is 1. The minimum absolute atomic E-state index is 0.241. The fourth-order valence-corrected chi connectivity index (χ4v) is 1.39. The van der Waals surface area contributed by atoms with Crippen molar-refractivity contribution < 1.29 is 19.1 Å². The highest BCUT2D eigenvalue weighted by Crippen LogP contribution is 2.20. The van der Waals surface area contributed by atoms with Crippen LogP contribution in [0.4, 0.5) is 4.39 Å². The van der Waals surface area contributed by atoms with Crippen LogP contribution < -0.4 is 0 Å². The third kappa shape index (κ3) is 2.36. The van der Waals surface area contributed by atoms with Gasteiger partial charge in [-0.25, -0.2) is 9.18 Å². The van der Waals surface area contributed by atoms with Gasteiger partial charge in [0, 0.05) is 7.05 Å². The topological polar surface area (TPSA) is 57.6 Å². The van der Waals surface area contributed by atoms with E-state index in [-0.39, 0.29) is 5.56 Å². The molecular formula is C11H12FNO3. The van der Waals surface area contributed by atoms with Crippen molar-refractivity contribution in [2.45, 2.75) is 13.0 Å². The van der Waals surface area contributed by atoms with E-state index in [1.54, 1.807) is 6.92 Å². The van der Waals surface area contributed by atoms with Gasteiger partial charge >= 0.3 is 5.97 Å². The zero-order chi connectivity index (χ0) is 12.3. The number of hydrogen-bond donors (Lipinski definition) is 1. The summed E-state index contributed by atoms with van der Waals surface area (Å²) in [5.74, 6) is -1.68. The van der Waals surface area contributed by atoms with Gasteiger partial charge in [0.15, 0.2) is 6.04 Å². The predicted molar refractivity (Wildman–Crippen MR) is 55.3 cm³/mol. The molecule has 0 aliphatic rings. The number of aryl methyl sites for hydroxylation is 1. The fraction of sp³-hybridized carbons (Fsp3) is 0.273. The van der Waals surface area contributed by atoms with E-state index in [4.69, 9.17) is 5.11 Å². The first-order chi connectivity index (χ1) is 7.47. The summed E-state index contributed by atoms with van der Waals surface area (Å²) in [5.41, 5.74) is 0.673. The van der Waals surface area contributed by atoms with Crippen molar-refractivity contribution in [1.29, 1.82) is 0 Å². The van der Waals surface area contributed by atoms with Crippen LogP contribution in [0.2, 0.25) is 0 Å². The van der Waals surface area contributed by atoms with E-state index >= 15 is 0 Å². The Labute approximate surface area is 92.3 Å². The molecule has 1 amide bonds. The van der Waals surface area contributed by atoms with E-state index in [0.29, 0.717) is 12.0 Å². The van der Waals surface area contributed by atoms with Crippen LogP contribution in [0.1, 0.15) is 17.2 Å². The van der Waals surface area contributed by atoms with Gasteiger partial charge in [0.1, 0.15) is 5.82 Å². The number of rotatable bonds is 4. The van der Waals surface area contributed by atoms with Crippen LogP contribution >= 0.6 is 0 Å². The number of carbonyl (C=O) groups excluding carboxylic acids is 1. The van der Waals surface area contributed by atoms with Gasteiger partial charge < -0.3 is 10.0 Å². The summed E-state index contributed by atoms with van der Waals surface area (Å²) >= 11 is 0. The molecule has 0 saturated carbocycles. The molecule has 4 nitrogen and oxygen atoms in total. The van der Waals surface area contributed by atoms with E-state index in [0.717, 1.165) is 11.0 Å². The van der Waals surface area contributed by atoms with E-state index in [2.05, 4.69) is 0 Å². The SMILES string of the molecule is Cc1ccc(C(C(=O)O)N(C)C=O)cc1F. The second kappa shape index (κ2) is 4.74. The van der Waals surface area contributed by atoms with Crippen LogP contribution in [-0.4, -0.2) is 29.4 Å². The summed E-state index contributed by atoms with van der Waals surface area (Å²) in [6.45, 7) is 1.58. The molecule has 0 spiro atoms. The average Bonchev–Trinajstić information content (AvgIpc) is 2.22. The number of carbonyl (C=O) groups is 2. The smallest absolute Gasteiger partial charge is 0.331 e. The lowest BCUT2D eigenvalue weighted by molar-refractivity contribution is -0.145. The molecule has 16 heavy (non-hydrogen) atoms. The Balaban J connectivity index is 3.16. The van der Waals surface area contributed by atoms with Gasteiger partial charge in [0.05, 0.1) is 0 Å². The third-order valence-corrected chi connectivity index (χ3v) is 2.32. The van der Waals surface area contributed by atoms with Gasteiger partial charge in [-0.1, -0.05) is 12.1 Å². The number of aliphatic carboxylic acids is 1. The summed E-state index contributed by atoms with van der Waals surface area (Å²) in [7, 11) is 1.34. The van der Waals surface area contributed by atoms with Crippen molar-refractivity contribution in [2.24, 2.45) is 0 Å². The van der Waals surface area contributed by atoms with Crippen molar-refractivity contribution in [3.05, 3.63) is 35.1 Å². The zero-order valence-corrected chi connectivity index (χ0v) is 8.98. The van der Waals surface area contributed by atoms with Crippen LogP contribution in [0, 0.1) is 12.7 Å². The molecule has 1 N–H and O–H groups in total. The Hall–Kier alpha value is -1.91. The minimum Gasteiger partial charge on any atom is -0.479 e. The molecule has 0 aliphatic carbocycles. The Morgan fingerprint density at radius 1 is 1.56 bits per heavy atom. The Morgan fingerprint density at radius 2 is 2.19 bits per heavy atom. The normalized spacial score (nSPS) is 11.9. The molecule has 1 unspecified atom stereocenters. The molecule has 0 fully saturated rings. The summed E-state index contributed by atoms with van der Waals surface area (Å²) in [6.07, 6.45) is 0.399. The molecule has 0 radical (unpaired) electrons. The quantitative estimate of drug-likeness (QED) is 0.787. The highest BCUT2D eigenvalue weighted by Gasteiger charge is 2.24. The molecule has 0 aromatic heterocycles. The number of nitrogens with zero attached hydrogens (tertiary/aromatic N) is 1. The molecule has 86 valence electrons. The molecule has 1 rings (SSSR count). The summed E-state index contributed by atoms with van der Waals surface area (Å²) in [4.78, 5) is 22.5. The second-order valence-corrected chi connectivity index (χ2v) is 3.52. The van der Waals surface area contributed by atoms with Crippen LogP contribution in [0.5, 0.6) is 0 Å². The Kier molecular flexibility index (Phi) is 3.60. The number of carboxylic acid groups (broad SMARTS) is 1. The first-order valence-corrected chi connectivity index (χ1v) is 4.63. The Bertz CT molecular complexity index is 420. The highest BCUT2D eigenvalue weighted by atomic mass is 19.1. The largest absolute Gasteiger partial charge is 0.479 e. The van der Waals surface area contributed by atoms with Gasteiger partial charge in [-0.05, 0) is 24.1 Å². The number of hydrogen-bond acceptors (Lipinski definition) is 2. The van der Waals surface area contributed by atoms with Crippen LogP contribution in [0.3, 0.4) is 0 Å². The van der Waals surface area contributed by atoms with Gasteiger partial charge in [0.25, 0.3) is 0 Å². The average molecular weight is 225 g/mol. The maximum absolute atomic E-state index is 13.3. The van der Waals surface area contributed by atoms with Crippen LogP contribution in [0.25, 0.3) is 0 Å². The van der Waals surface area contributed by atoms with Crippen molar-refractivity contribution in [2.75, 3.05) is 7.05 Å². The molecular weight excluding hydrogens is 213 g/mol.